The number of nitrogen functional groups attached to an aromatic ring is 1. The highest BCUT2D eigenvalue weighted by Crippen LogP contribution is 2.08. The number of sulfonamides is 1. The van der Waals surface area contributed by atoms with Crippen molar-refractivity contribution in [1.82, 2.24) is 0 Å². The Kier molecular flexibility index (Phi) is 5.86. The summed E-state index contributed by atoms with van der Waals surface area (Å²) in [6, 6.07) is 5.70. The fourth-order valence-corrected chi connectivity index (χ4v) is 1.17. The molecular formula is C8H12N2O4S2. The molecule has 0 aliphatic carbocycles. The lowest BCUT2D eigenvalue weighted by molar-refractivity contribution is -0.133. The van der Waals surface area contributed by atoms with E-state index >= 15 is 0 Å². The molecule has 1 rings (SSSR count). The lowest BCUT2D eigenvalue weighted by Crippen LogP contribution is -2.11. The first-order chi connectivity index (χ1) is 7.27. The summed E-state index contributed by atoms with van der Waals surface area (Å²) in [5.74, 6) is -0.965. The molecule has 0 aromatic heterocycles. The monoisotopic (exact) mass is 264 g/mol. The molecule has 0 aliphatic rings. The number of thiol groups is 1. The third-order valence-corrected chi connectivity index (χ3v) is 2.54. The van der Waals surface area contributed by atoms with Crippen LogP contribution in [0.3, 0.4) is 0 Å². The lowest BCUT2D eigenvalue weighted by Gasteiger charge is -1.96. The van der Waals surface area contributed by atoms with E-state index in [1.807, 2.05) is 0 Å². The largest absolute Gasteiger partial charge is 0.481 e. The molecule has 0 fully saturated rings. The Morgan fingerprint density at radius 2 is 1.69 bits per heavy atom. The SMILES string of the molecule is Nc1ccc(S(N)(=O)=O)cc1.O=C(O)CS. The zero-order valence-electron chi connectivity index (χ0n) is 8.20. The number of rotatable bonds is 2. The summed E-state index contributed by atoms with van der Waals surface area (Å²) in [5, 5.41) is 12.5. The van der Waals surface area contributed by atoms with Gasteiger partial charge in [0.2, 0.25) is 10.0 Å². The summed E-state index contributed by atoms with van der Waals surface area (Å²) in [5.41, 5.74) is 5.85. The van der Waals surface area contributed by atoms with E-state index in [-0.39, 0.29) is 10.6 Å². The second-order valence-electron chi connectivity index (χ2n) is 2.67. The highest BCUT2D eigenvalue weighted by atomic mass is 32.2. The average molecular weight is 264 g/mol. The minimum Gasteiger partial charge on any atom is -0.481 e. The summed E-state index contributed by atoms with van der Waals surface area (Å²) < 4.78 is 21.4. The van der Waals surface area contributed by atoms with Crippen molar-refractivity contribution in [3.05, 3.63) is 24.3 Å². The summed E-state index contributed by atoms with van der Waals surface area (Å²) in [4.78, 5) is 9.37. The number of carbonyl (C=O) groups is 1. The lowest BCUT2D eigenvalue weighted by atomic mass is 10.3. The van der Waals surface area contributed by atoms with Crippen molar-refractivity contribution in [2.45, 2.75) is 4.90 Å². The van der Waals surface area contributed by atoms with Crippen LogP contribution in [-0.4, -0.2) is 25.2 Å². The van der Waals surface area contributed by atoms with Gasteiger partial charge in [0.25, 0.3) is 0 Å². The van der Waals surface area contributed by atoms with Crippen LogP contribution < -0.4 is 10.9 Å². The van der Waals surface area contributed by atoms with Gasteiger partial charge in [-0.15, -0.1) is 0 Å². The van der Waals surface area contributed by atoms with Gasteiger partial charge in [-0.2, -0.15) is 12.6 Å². The number of aliphatic carboxylic acids is 1. The molecule has 0 spiro atoms. The van der Waals surface area contributed by atoms with Crippen molar-refractivity contribution >= 4 is 34.3 Å². The summed E-state index contributed by atoms with van der Waals surface area (Å²) in [6.45, 7) is 0. The van der Waals surface area contributed by atoms with Gasteiger partial charge in [0.05, 0.1) is 10.6 Å². The molecule has 0 saturated heterocycles. The Balaban J connectivity index is 0.000000385. The molecule has 6 nitrogen and oxygen atoms in total. The minimum atomic E-state index is -3.58. The molecule has 0 aliphatic heterocycles. The van der Waals surface area contributed by atoms with Crippen molar-refractivity contribution in [3.63, 3.8) is 0 Å². The molecule has 0 atom stereocenters. The fraction of sp³-hybridized carbons (Fsp3) is 0.125. The standard InChI is InChI=1S/C6H8N2O2S.C2H4O2S/c7-5-1-3-6(4-2-5)11(8,9)10;3-2(4)1-5/h1-4H,7H2,(H2,8,9,10);5H,1H2,(H,3,4). The molecule has 90 valence electrons. The molecule has 0 heterocycles. The van der Waals surface area contributed by atoms with E-state index in [1.54, 1.807) is 0 Å². The number of anilines is 1. The van der Waals surface area contributed by atoms with Crippen molar-refractivity contribution in [2.24, 2.45) is 5.14 Å². The molecule has 8 heteroatoms. The van der Waals surface area contributed by atoms with Gasteiger partial charge in [-0.25, -0.2) is 13.6 Å². The van der Waals surface area contributed by atoms with Gasteiger partial charge < -0.3 is 10.8 Å². The summed E-state index contributed by atoms with van der Waals surface area (Å²) in [7, 11) is -3.58. The zero-order chi connectivity index (χ0) is 12.8. The van der Waals surface area contributed by atoms with E-state index in [2.05, 4.69) is 12.6 Å². The van der Waals surface area contributed by atoms with Crippen LogP contribution in [0.25, 0.3) is 0 Å². The number of hydrogen-bond acceptors (Lipinski definition) is 5. The number of primary sulfonamides is 1. The van der Waals surface area contributed by atoms with Crippen LogP contribution in [0.2, 0.25) is 0 Å². The predicted octanol–water partition coefficient (Wildman–Crippen LogP) is -0.0830. The Bertz CT molecular complexity index is 442. The molecular weight excluding hydrogens is 252 g/mol. The third-order valence-electron chi connectivity index (χ3n) is 1.34. The van der Waals surface area contributed by atoms with E-state index < -0.39 is 16.0 Å². The number of benzene rings is 1. The third kappa shape index (κ3) is 6.27. The van der Waals surface area contributed by atoms with Gasteiger partial charge in [0.1, 0.15) is 0 Å². The first-order valence-electron chi connectivity index (χ1n) is 3.98. The van der Waals surface area contributed by atoms with Crippen LogP contribution >= 0.6 is 12.6 Å². The van der Waals surface area contributed by atoms with Crippen molar-refractivity contribution in [2.75, 3.05) is 11.5 Å². The van der Waals surface area contributed by atoms with Gasteiger partial charge in [0.15, 0.2) is 0 Å². The first kappa shape index (κ1) is 14.8. The maximum absolute atomic E-state index is 10.7. The van der Waals surface area contributed by atoms with Gasteiger partial charge in [0, 0.05) is 5.69 Å². The van der Waals surface area contributed by atoms with Crippen LogP contribution in [0.15, 0.2) is 29.2 Å². The van der Waals surface area contributed by atoms with Crippen molar-refractivity contribution in [1.29, 1.82) is 0 Å². The highest BCUT2D eigenvalue weighted by Gasteiger charge is 2.04. The Hall–Kier alpha value is -1.25. The van der Waals surface area contributed by atoms with E-state index in [9.17, 15) is 13.2 Å². The maximum atomic E-state index is 10.7. The maximum Gasteiger partial charge on any atom is 0.313 e. The summed E-state index contributed by atoms with van der Waals surface area (Å²) >= 11 is 3.42. The van der Waals surface area contributed by atoms with E-state index in [1.165, 1.54) is 24.3 Å². The van der Waals surface area contributed by atoms with Crippen LogP contribution in [0.1, 0.15) is 0 Å². The number of carboxylic acid groups (broad SMARTS) is 1. The topological polar surface area (TPSA) is 123 Å². The second kappa shape index (κ2) is 6.36. The number of nitrogens with two attached hydrogens (primary N) is 2. The van der Waals surface area contributed by atoms with Crippen LogP contribution in [0.4, 0.5) is 5.69 Å². The van der Waals surface area contributed by atoms with Crippen molar-refractivity contribution < 1.29 is 18.3 Å². The van der Waals surface area contributed by atoms with Crippen LogP contribution in [0.5, 0.6) is 0 Å². The Morgan fingerprint density at radius 3 is 1.94 bits per heavy atom. The molecule has 0 amide bonds. The molecule has 5 N–H and O–H groups in total. The number of hydrogen-bond donors (Lipinski definition) is 4. The quantitative estimate of drug-likeness (QED) is 0.439. The van der Waals surface area contributed by atoms with Crippen LogP contribution in [0, 0.1) is 0 Å². The van der Waals surface area contributed by atoms with Gasteiger partial charge >= 0.3 is 5.97 Å². The fourth-order valence-electron chi connectivity index (χ4n) is 0.658. The Labute approximate surface area is 98.7 Å². The van der Waals surface area contributed by atoms with Crippen LogP contribution in [-0.2, 0) is 14.8 Å². The van der Waals surface area contributed by atoms with Gasteiger partial charge in [-0.05, 0) is 24.3 Å². The first-order valence-corrected chi connectivity index (χ1v) is 6.16. The predicted molar refractivity (Wildman–Crippen MR) is 63.7 cm³/mol. The zero-order valence-corrected chi connectivity index (χ0v) is 9.91. The van der Waals surface area contributed by atoms with E-state index in [0.717, 1.165) is 0 Å². The van der Waals surface area contributed by atoms with E-state index in [4.69, 9.17) is 16.0 Å². The normalized spacial score (nSPS) is 10.1. The van der Waals surface area contributed by atoms with Crippen molar-refractivity contribution in [3.8, 4) is 0 Å². The average Bonchev–Trinajstić information content (AvgIpc) is 2.18. The molecule has 0 radical (unpaired) electrons. The molecule has 0 unspecified atom stereocenters. The smallest absolute Gasteiger partial charge is 0.313 e. The molecule has 16 heavy (non-hydrogen) atoms. The van der Waals surface area contributed by atoms with Gasteiger partial charge in [-0.3, -0.25) is 4.79 Å². The molecule has 1 aromatic rings. The number of carboxylic acids is 1. The second-order valence-corrected chi connectivity index (χ2v) is 4.54. The minimum absolute atomic E-state index is 0.0756. The summed E-state index contributed by atoms with van der Waals surface area (Å²) in [6.07, 6.45) is 0. The van der Waals surface area contributed by atoms with E-state index in [0.29, 0.717) is 5.69 Å². The molecule has 0 saturated carbocycles. The van der Waals surface area contributed by atoms with Gasteiger partial charge in [-0.1, -0.05) is 0 Å². The molecule has 1 aromatic carbocycles. The Morgan fingerprint density at radius 1 is 1.31 bits per heavy atom. The molecule has 0 bridgehead atoms. The highest BCUT2D eigenvalue weighted by molar-refractivity contribution is 7.89.